The Balaban J connectivity index is 1.79. The first-order valence-electron chi connectivity index (χ1n) is 7.63. The quantitative estimate of drug-likeness (QED) is 0.720. The lowest BCUT2D eigenvalue weighted by atomic mass is 10.2. The van der Waals surface area contributed by atoms with Crippen LogP contribution in [0.3, 0.4) is 0 Å². The van der Waals surface area contributed by atoms with Crippen LogP contribution in [0.4, 0.5) is 0 Å². The molecule has 2 heterocycles. The molecule has 0 atom stereocenters. The molecule has 0 aliphatic heterocycles. The van der Waals surface area contributed by atoms with Gasteiger partial charge in [0.2, 0.25) is 0 Å². The van der Waals surface area contributed by atoms with Crippen LogP contribution < -0.4 is 5.32 Å². The molecule has 0 unspecified atom stereocenters. The van der Waals surface area contributed by atoms with Gasteiger partial charge < -0.3 is 9.73 Å². The van der Waals surface area contributed by atoms with Crippen LogP contribution in [0.2, 0.25) is 0 Å². The van der Waals surface area contributed by atoms with Gasteiger partial charge in [0.1, 0.15) is 5.76 Å². The minimum absolute atomic E-state index is 0.848. The third kappa shape index (κ3) is 5.33. The largest absolute Gasteiger partial charge is 0.468 e. The zero-order valence-electron chi connectivity index (χ0n) is 13.0. The van der Waals surface area contributed by atoms with E-state index in [0.29, 0.717) is 0 Å². The molecule has 4 heteroatoms. The Morgan fingerprint density at radius 1 is 1.24 bits per heavy atom. The summed E-state index contributed by atoms with van der Waals surface area (Å²) >= 11 is 0. The summed E-state index contributed by atoms with van der Waals surface area (Å²) in [6.45, 7) is 5.96. The summed E-state index contributed by atoms with van der Waals surface area (Å²) in [5.41, 5.74) is 2.58. The number of likely N-dealkylation sites (N-methyl/N-ethyl adjacent to an activating group) is 1. The molecule has 2 aromatic rings. The zero-order chi connectivity index (χ0) is 14.9. The van der Waals surface area contributed by atoms with E-state index >= 15 is 0 Å². The van der Waals surface area contributed by atoms with Gasteiger partial charge in [-0.15, -0.1) is 0 Å². The van der Waals surface area contributed by atoms with Crippen molar-refractivity contribution in [1.29, 1.82) is 0 Å². The van der Waals surface area contributed by atoms with Gasteiger partial charge in [0.15, 0.2) is 0 Å². The maximum atomic E-state index is 5.63. The number of rotatable bonds is 9. The van der Waals surface area contributed by atoms with Crippen molar-refractivity contribution in [3.8, 4) is 0 Å². The molecule has 0 radical (unpaired) electrons. The number of nitrogens with one attached hydrogen (secondary N) is 1. The van der Waals surface area contributed by atoms with Crippen LogP contribution in [0.15, 0.2) is 41.3 Å². The van der Waals surface area contributed by atoms with Crippen molar-refractivity contribution in [3.63, 3.8) is 0 Å². The summed E-state index contributed by atoms with van der Waals surface area (Å²) in [7, 11) is 2.13. The van der Waals surface area contributed by atoms with Crippen molar-refractivity contribution >= 4 is 0 Å². The predicted octanol–water partition coefficient (Wildman–Crippen LogP) is 2.85. The van der Waals surface area contributed by atoms with Gasteiger partial charge in [0, 0.05) is 31.0 Å². The summed E-state index contributed by atoms with van der Waals surface area (Å²) in [4.78, 5) is 6.34. The minimum Gasteiger partial charge on any atom is -0.468 e. The third-order valence-corrected chi connectivity index (χ3v) is 3.52. The van der Waals surface area contributed by atoms with Gasteiger partial charge in [0.25, 0.3) is 0 Å². The highest BCUT2D eigenvalue weighted by Crippen LogP contribution is 2.13. The number of hydrogen-bond donors (Lipinski definition) is 1. The van der Waals surface area contributed by atoms with Crippen LogP contribution >= 0.6 is 0 Å². The molecule has 0 aliphatic rings. The molecule has 4 nitrogen and oxygen atoms in total. The van der Waals surface area contributed by atoms with Crippen molar-refractivity contribution in [2.24, 2.45) is 0 Å². The van der Waals surface area contributed by atoms with E-state index in [1.54, 1.807) is 6.26 Å². The summed E-state index contributed by atoms with van der Waals surface area (Å²) in [6.07, 6.45) is 7.66. The van der Waals surface area contributed by atoms with Crippen LogP contribution in [0.5, 0.6) is 0 Å². The molecule has 0 fully saturated rings. The van der Waals surface area contributed by atoms with Gasteiger partial charge in [-0.3, -0.25) is 9.88 Å². The molecular formula is C17H25N3O. The lowest BCUT2D eigenvalue weighted by Gasteiger charge is -2.16. The van der Waals surface area contributed by atoms with Gasteiger partial charge in [-0.2, -0.15) is 0 Å². The SMILES string of the molecule is CCCNCc1ccoc1CN(C)CCc1ccncc1. The second-order valence-corrected chi connectivity index (χ2v) is 5.39. The van der Waals surface area contributed by atoms with Crippen molar-refractivity contribution in [1.82, 2.24) is 15.2 Å². The Kier molecular flexibility index (Phi) is 6.44. The highest BCUT2D eigenvalue weighted by molar-refractivity contribution is 5.17. The molecule has 2 aromatic heterocycles. The monoisotopic (exact) mass is 287 g/mol. The molecule has 1 N–H and O–H groups in total. The Morgan fingerprint density at radius 2 is 2.05 bits per heavy atom. The summed E-state index contributed by atoms with van der Waals surface area (Å²) in [5, 5.41) is 3.42. The minimum atomic E-state index is 0.848. The lowest BCUT2D eigenvalue weighted by Crippen LogP contribution is -2.22. The number of pyridine rings is 1. The average Bonchev–Trinajstić information content (AvgIpc) is 2.94. The van der Waals surface area contributed by atoms with E-state index < -0.39 is 0 Å². The van der Waals surface area contributed by atoms with E-state index in [4.69, 9.17) is 4.42 Å². The van der Waals surface area contributed by atoms with Gasteiger partial charge in [-0.25, -0.2) is 0 Å². The molecule has 2 rings (SSSR count). The van der Waals surface area contributed by atoms with Crippen LogP contribution in [-0.4, -0.2) is 30.0 Å². The molecular weight excluding hydrogens is 262 g/mol. The topological polar surface area (TPSA) is 41.3 Å². The van der Waals surface area contributed by atoms with Gasteiger partial charge >= 0.3 is 0 Å². The van der Waals surface area contributed by atoms with E-state index in [9.17, 15) is 0 Å². The molecule has 0 saturated heterocycles. The van der Waals surface area contributed by atoms with Crippen LogP contribution in [0.1, 0.15) is 30.2 Å². The fourth-order valence-corrected chi connectivity index (χ4v) is 2.26. The van der Waals surface area contributed by atoms with E-state index in [1.165, 1.54) is 11.1 Å². The average molecular weight is 287 g/mol. The molecule has 0 bridgehead atoms. The molecule has 0 saturated carbocycles. The van der Waals surface area contributed by atoms with E-state index in [1.807, 2.05) is 12.4 Å². The van der Waals surface area contributed by atoms with Crippen molar-refractivity contribution in [3.05, 3.63) is 53.7 Å². The Labute approximate surface area is 127 Å². The number of aromatic nitrogens is 1. The van der Waals surface area contributed by atoms with E-state index in [2.05, 4.69) is 47.4 Å². The third-order valence-electron chi connectivity index (χ3n) is 3.52. The Morgan fingerprint density at radius 3 is 2.81 bits per heavy atom. The van der Waals surface area contributed by atoms with Crippen LogP contribution in [-0.2, 0) is 19.5 Å². The molecule has 114 valence electrons. The molecule has 21 heavy (non-hydrogen) atoms. The first-order chi connectivity index (χ1) is 10.3. The fourth-order valence-electron chi connectivity index (χ4n) is 2.26. The predicted molar refractivity (Wildman–Crippen MR) is 85.0 cm³/mol. The van der Waals surface area contributed by atoms with Crippen molar-refractivity contribution in [2.75, 3.05) is 20.1 Å². The van der Waals surface area contributed by atoms with Gasteiger partial charge in [-0.05, 0) is 50.2 Å². The number of hydrogen-bond acceptors (Lipinski definition) is 4. The van der Waals surface area contributed by atoms with Crippen LogP contribution in [0, 0.1) is 0 Å². The zero-order valence-corrected chi connectivity index (χ0v) is 13.0. The normalized spacial score (nSPS) is 11.2. The molecule has 0 aliphatic carbocycles. The summed E-state index contributed by atoms with van der Waals surface area (Å²) < 4.78 is 5.63. The van der Waals surface area contributed by atoms with Gasteiger partial charge in [0.05, 0.1) is 12.8 Å². The first-order valence-corrected chi connectivity index (χ1v) is 7.63. The molecule has 0 spiro atoms. The number of nitrogens with zero attached hydrogens (tertiary/aromatic N) is 2. The lowest BCUT2D eigenvalue weighted by molar-refractivity contribution is 0.296. The first kappa shape index (κ1) is 15.7. The maximum Gasteiger partial charge on any atom is 0.122 e. The molecule has 0 aromatic carbocycles. The highest BCUT2D eigenvalue weighted by atomic mass is 16.3. The second kappa shape index (κ2) is 8.60. The smallest absolute Gasteiger partial charge is 0.122 e. The fraction of sp³-hybridized carbons (Fsp3) is 0.471. The van der Waals surface area contributed by atoms with Crippen molar-refractivity contribution < 1.29 is 4.42 Å². The maximum absolute atomic E-state index is 5.63. The number of furan rings is 1. The van der Waals surface area contributed by atoms with E-state index in [0.717, 1.165) is 44.8 Å². The Bertz CT molecular complexity index is 510. The van der Waals surface area contributed by atoms with Gasteiger partial charge in [-0.1, -0.05) is 6.92 Å². The summed E-state index contributed by atoms with van der Waals surface area (Å²) in [6, 6.07) is 6.20. The molecule has 0 amide bonds. The van der Waals surface area contributed by atoms with E-state index in [-0.39, 0.29) is 0 Å². The second-order valence-electron chi connectivity index (χ2n) is 5.39. The highest BCUT2D eigenvalue weighted by Gasteiger charge is 2.09. The Hall–Kier alpha value is -1.65. The van der Waals surface area contributed by atoms with Crippen molar-refractivity contribution in [2.45, 2.75) is 32.9 Å². The van der Waals surface area contributed by atoms with Crippen LogP contribution in [0.25, 0.3) is 0 Å². The summed E-state index contributed by atoms with van der Waals surface area (Å²) in [5.74, 6) is 1.07. The standard InChI is InChI=1S/C17H25N3O/c1-3-8-19-13-16-7-12-21-17(16)14-20(2)11-6-15-4-9-18-10-5-15/h4-5,7,9-10,12,19H,3,6,8,11,13-14H2,1-2H3.